The number of amides is 2. The van der Waals surface area contributed by atoms with Crippen molar-refractivity contribution in [3.8, 4) is 23.7 Å². The number of alkyl halides is 2. The second-order valence-corrected chi connectivity index (χ2v) is 9.71. The van der Waals surface area contributed by atoms with Crippen molar-refractivity contribution in [2.24, 2.45) is 0 Å². The number of halogens is 2. The maximum atomic E-state index is 12.8. The van der Waals surface area contributed by atoms with E-state index < -0.39 is 42.1 Å². The Morgan fingerprint density at radius 2 is 1.45 bits per heavy atom. The van der Waals surface area contributed by atoms with Crippen LogP contribution in [0.1, 0.15) is 54.7 Å². The molecule has 40 heavy (non-hydrogen) atoms. The second-order valence-electron chi connectivity index (χ2n) is 9.71. The van der Waals surface area contributed by atoms with E-state index in [9.17, 15) is 23.2 Å². The number of rotatable bonds is 9. The lowest BCUT2D eigenvalue weighted by atomic mass is 10.1. The first-order valence-electron chi connectivity index (χ1n) is 12.5. The van der Waals surface area contributed by atoms with Crippen LogP contribution in [0.3, 0.4) is 0 Å². The Morgan fingerprint density at radius 3 is 1.95 bits per heavy atom. The SMILES string of the molecule is COC(=O)[C@@H](NC(=O)c1ccc(C#CC#Cc2ccc(CNCC(F)F)cc2)cc1)[C@@H](C)NC(=O)OC(C)(C)C. The van der Waals surface area contributed by atoms with Gasteiger partial charge in [-0.1, -0.05) is 24.0 Å². The fraction of sp³-hybridized carbons (Fsp3) is 0.367. The van der Waals surface area contributed by atoms with Gasteiger partial charge >= 0.3 is 12.1 Å². The number of methoxy groups -OCH3 is 1. The van der Waals surface area contributed by atoms with Gasteiger partial charge < -0.3 is 25.4 Å². The van der Waals surface area contributed by atoms with Gasteiger partial charge in [-0.25, -0.2) is 18.4 Å². The standard InChI is InChI=1S/C30H33F2N3O5/c1-20(34-29(38)40-30(2,3)4)26(28(37)39-5)35-27(36)24-16-14-22(15-17-24)9-7-6-8-21-10-12-23(13-11-21)18-33-19-25(31)32/h10-17,20,25-26,33H,18-19H2,1-5H3,(H,34,38)(H,35,36)/t20-,26+/m1/s1. The van der Waals surface area contributed by atoms with Crippen LogP contribution in [0.25, 0.3) is 0 Å². The number of esters is 1. The van der Waals surface area contributed by atoms with Crippen molar-refractivity contribution in [3.05, 3.63) is 70.8 Å². The van der Waals surface area contributed by atoms with Crippen LogP contribution in [0.15, 0.2) is 48.5 Å². The topological polar surface area (TPSA) is 106 Å². The van der Waals surface area contributed by atoms with Crippen LogP contribution in [0.2, 0.25) is 0 Å². The summed E-state index contributed by atoms with van der Waals surface area (Å²) in [5, 5.41) is 7.78. The lowest BCUT2D eigenvalue weighted by molar-refractivity contribution is -0.143. The van der Waals surface area contributed by atoms with E-state index in [4.69, 9.17) is 9.47 Å². The summed E-state index contributed by atoms with van der Waals surface area (Å²) in [5.41, 5.74) is 1.77. The number of alkyl carbamates (subject to hydrolysis) is 1. The molecule has 3 N–H and O–H groups in total. The van der Waals surface area contributed by atoms with Gasteiger partial charge in [0.05, 0.1) is 19.7 Å². The summed E-state index contributed by atoms with van der Waals surface area (Å²) in [5.74, 6) is 10.0. The van der Waals surface area contributed by atoms with E-state index in [1.807, 2.05) is 0 Å². The summed E-state index contributed by atoms with van der Waals surface area (Å²) in [4.78, 5) is 37.1. The van der Waals surface area contributed by atoms with Crippen molar-refractivity contribution in [1.29, 1.82) is 0 Å². The van der Waals surface area contributed by atoms with Crippen LogP contribution < -0.4 is 16.0 Å². The maximum absolute atomic E-state index is 12.8. The Balaban J connectivity index is 1.98. The van der Waals surface area contributed by atoms with E-state index in [1.165, 1.54) is 7.11 Å². The van der Waals surface area contributed by atoms with Gasteiger partial charge in [0.1, 0.15) is 11.6 Å². The lowest BCUT2D eigenvalue weighted by Crippen LogP contribution is -2.55. The van der Waals surface area contributed by atoms with E-state index in [2.05, 4.69) is 39.6 Å². The van der Waals surface area contributed by atoms with Gasteiger partial charge in [0.25, 0.3) is 12.3 Å². The third-order valence-electron chi connectivity index (χ3n) is 5.19. The maximum Gasteiger partial charge on any atom is 0.407 e. The van der Waals surface area contributed by atoms with Gasteiger partial charge in [-0.3, -0.25) is 4.79 Å². The predicted octanol–water partition coefficient (Wildman–Crippen LogP) is 3.63. The van der Waals surface area contributed by atoms with Crippen molar-refractivity contribution in [1.82, 2.24) is 16.0 Å². The molecule has 0 heterocycles. The van der Waals surface area contributed by atoms with E-state index in [0.29, 0.717) is 12.1 Å². The Labute approximate surface area is 233 Å². The minimum Gasteiger partial charge on any atom is -0.467 e. The number of hydrogen-bond acceptors (Lipinski definition) is 6. The van der Waals surface area contributed by atoms with Crippen molar-refractivity contribution in [2.75, 3.05) is 13.7 Å². The zero-order valence-corrected chi connectivity index (χ0v) is 23.1. The molecule has 0 radical (unpaired) electrons. The van der Waals surface area contributed by atoms with E-state index >= 15 is 0 Å². The van der Waals surface area contributed by atoms with Gasteiger partial charge in [-0.05, 0) is 81.5 Å². The van der Waals surface area contributed by atoms with Gasteiger partial charge in [-0.2, -0.15) is 0 Å². The largest absolute Gasteiger partial charge is 0.467 e. The lowest BCUT2D eigenvalue weighted by Gasteiger charge is -2.26. The first kappa shape index (κ1) is 31.8. The molecular formula is C30H33F2N3O5. The first-order chi connectivity index (χ1) is 18.9. The third-order valence-corrected chi connectivity index (χ3v) is 5.19. The fourth-order valence-corrected chi connectivity index (χ4v) is 3.26. The second kappa shape index (κ2) is 15.2. The highest BCUT2D eigenvalue weighted by molar-refractivity contribution is 5.97. The molecule has 0 saturated carbocycles. The molecule has 10 heteroatoms. The van der Waals surface area contributed by atoms with Crippen LogP contribution in [0.5, 0.6) is 0 Å². The quantitative estimate of drug-likeness (QED) is 0.324. The molecule has 8 nitrogen and oxygen atoms in total. The van der Waals surface area contributed by atoms with Crippen LogP contribution in [-0.4, -0.2) is 55.7 Å². The normalized spacial score (nSPS) is 12.1. The van der Waals surface area contributed by atoms with Crippen LogP contribution in [0, 0.1) is 23.7 Å². The summed E-state index contributed by atoms with van der Waals surface area (Å²) in [7, 11) is 1.19. The average Bonchev–Trinajstić information content (AvgIpc) is 2.89. The Bertz CT molecular complexity index is 1280. The van der Waals surface area contributed by atoms with Gasteiger partial charge in [0, 0.05) is 23.2 Å². The average molecular weight is 554 g/mol. The predicted molar refractivity (Wildman–Crippen MR) is 146 cm³/mol. The molecule has 0 aromatic heterocycles. The zero-order chi connectivity index (χ0) is 29.7. The van der Waals surface area contributed by atoms with Crippen molar-refractivity contribution >= 4 is 18.0 Å². The molecular weight excluding hydrogens is 520 g/mol. The number of carbonyl (C=O) groups is 3. The molecule has 212 valence electrons. The minimum atomic E-state index is -2.39. The number of carbonyl (C=O) groups excluding carboxylic acids is 3. The van der Waals surface area contributed by atoms with E-state index in [0.717, 1.165) is 11.1 Å². The highest BCUT2D eigenvalue weighted by atomic mass is 19.3. The molecule has 0 fully saturated rings. The van der Waals surface area contributed by atoms with Crippen molar-refractivity contribution < 1.29 is 32.6 Å². The summed E-state index contributed by atoms with van der Waals surface area (Å²) in [6.45, 7) is 6.66. The van der Waals surface area contributed by atoms with Gasteiger partial charge in [0.2, 0.25) is 0 Å². The molecule has 2 atom stereocenters. The molecule has 0 spiro atoms. The monoisotopic (exact) mass is 553 g/mol. The van der Waals surface area contributed by atoms with Crippen LogP contribution in [-0.2, 0) is 20.8 Å². The Hall–Kier alpha value is -4.41. The van der Waals surface area contributed by atoms with Crippen molar-refractivity contribution in [3.63, 3.8) is 0 Å². The van der Waals surface area contributed by atoms with E-state index in [1.54, 1.807) is 76.2 Å². The smallest absolute Gasteiger partial charge is 0.407 e. The van der Waals surface area contributed by atoms with E-state index in [-0.39, 0.29) is 12.1 Å². The molecule has 0 aliphatic rings. The molecule has 2 aromatic carbocycles. The highest BCUT2D eigenvalue weighted by Crippen LogP contribution is 2.09. The number of benzene rings is 2. The fourth-order valence-electron chi connectivity index (χ4n) is 3.26. The molecule has 2 aromatic rings. The van der Waals surface area contributed by atoms with Crippen molar-refractivity contribution in [2.45, 2.75) is 58.3 Å². The summed E-state index contributed by atoms with van der Waals surface area (Å²) >= 11 is 0. The molecule has 0 unspecified atom stereocenters. The Kier molecular flexibility index (Phi) is 12.1. The minimum absolute atomic E-state index is 0.276. The van der Waals surface area contributed by atoms with Gasteiger partial charge in [-0.15, -0.1) is 0 Å². The molecule has 0 aliphatic carbocycles. The number of nitrogens with one attached hydrogen (secondary N) is 3. The Morgan fingerprint density at radius 1 is 0.900 bits per heavy atom. The molecule has 0 aliphatic heterocycles. The zero-order valence-electron chi connectivity index (χ0n) is 23.1. The molecule has 2 rings (SSSR count). The van der Waals surface area contributed by atoms with Gasteiger partial charge in [0.15, 0.2) is 0 Å². The van der Waals surface area contributed by atoms with Crippen LogP contribution in [0.4, 0.5) is 13.6 Å². The molecule has 0 bridgehead atoms. The summed E-state index contributed by atoms with van der Waals surface area (Å²) in [6, 6.07) is 11.6. The number of ether oxygens (including phenoxy) is 2. The molecule has 2 amide bonds. The third kappa shape index (κ3) is 11.5. The highest BCUT2D eigenvalue weighted by Gasteiger charge is 2.30. The summed E-state index contributed by atoms with van der Waals surface area (Å²) < 4.78 is 34.4. The summed E-state index contributed by atoms with van der Waals surface area (Å²) in [6.07, 6.45) is -3.12. The first-order valence-corrected chi connectivity index (χ1v) is 12.5. The number of hydrogen-bond donors (Lipinski definition) is 3. The van der Waals surface area contributed by atoms with Crippen LogP contribution >= 0.6 is 0 Å². The molecule has 0 saturated heterocycles.